The molecule has 0 amide bonds. The summed E-state index contributed by atoms with van der Waals surface area (Å²) in [7, 11) is 2.83. The van der Waals surface area contributed by atoms with E-state index in [1.807, 2.05) is 27.7 Å². The average Bonchev–Trinajstić information content (AvgIpc) is 2.71. The smallest absolute Gasteiger partial charge is 0.329 e. The van der Waals surface area contributed by atoms with E-state index in [1.165, 1.54) is 12.0 Å². The van der Waals surface area contributed by atoms with Gasteiger partial charge >= 0.3 is 11.7 Å². The van der Waals surface area contributed by atoms with Gasteiger partial charge in [0.1, 0.15) is 18.0 Å². The lowest BCUT2D eigenvalue weighted by Gasteiger charge is -2.32. The summed E-state index contributed by atoms with van der Waals surface area (Å²) in [5.41, 5.74) is 1.80. The average molecular weight is 452 g/mol. The van der Waals surface area contributed by atoms with Crippen molar-refractivity contribution < 1.29 is 19.2 Å². The van der Waals surface area contributed by atoms with Gasteiger partial charge < -0.3 is 14.4 Å². The van der Waals surface area contributed by atoms with Gasteiger partial charge in [-0.2, -0.15) is 4.98 Å². The number of aryl methyl sites for hydroxylation is 1. The quantitative estimate of drug-likeness (QED) is 0.243. The summed E-state index contributed by atoms with van der Waals surface area (Å²) >= 11 is 5.97. The topological polar surface area (TPSA) is 121 Å². The second kappa shape index (κ2) is 10.3. The Morgan fingerprint density at radius 1 is 1.26 bits per heavy atom. The van der Waals surface area contributed by atoms with E-state index in [4.69, 9.17) is 21.1 Å². The third kappa shape index (κ3) is 5.57. The van der Waals surface area contributed by atoms with E-state index in [0.717, 1.165) is 17.3 Å². The van der Waals surface area contributed by atoms with Crippen LogP contribution >= 0.6 is 11.6 Å². The molecule has 0 spiro atoms. The van der Waals surface area contributed by atoms with E-state index in [-0.39, 0.29) is 29.3 Å². The molecule has 0 bridgehead atoms. The van der Waals surface area contributed by atoms with E-state index in [2.05, 4.69) is 15.0 Å². The Bertz CT molecular complexity index is 969. The molecule has 1 atom stereocenters. The molecule has 10 nitrogen and oxygen atoms in total. The van der Waals surface area contributed by atoms with Crippen LogP contribution in [0.2, 0.25) is 5.28 Å². The number of methoxy groups -OCH3 is 2. The fourth-order valence-corrected chi connectivity index (χ4v) is 3.47. The van der Waals surface area contributed by atoms with Crippen LogP contribution in [-0.4, -0.2) is 46.1 Å². The minimum absolute atomic E-state index is 0.0448. The maximum atomic E-state index is 12.7. The van der Waals surface area contributed by atoms with Crippen LogP contribution in [0.5, 0.6) is 5.75 Å². The molecule has 0 saturated carbocycles. The van der Waals surface area contributed by atoms with Gasteiger partial charge in [0.05, 0.1) is 31.4 Å². The number of hydrogen-bond acceptors (Lipinski definition) is 9. The number of aromatic nitrogens is 3. The fraction of sp³-hybridized carbons (Fsp3) is 0.500. The molecule has 168 valence electrons. The predicted octanol–water partition coefficient (Wildman–Crippen LogP) is 3.65. The second-order valence-electron chi connectivity index (χ2n) is 7.45. The van der Waals surface area contributed by atoms with E-state index in [0.29, 0.717) is 17.9 Å². The first kappa shape index (κ1) is 24.3. The summed E-state index contributed by atoms with van der Waals surface area (Å²) in [5, 5.41) is 11.5. The van der Waals surface area contributed by atoms with Crippen molar-refractivity contribution in [1.82, 2.24) is 15.0 Å². The van der Waals surface area contributed by atoms with Gasteiger partial charge in [-0.3, -0.25) is 15.1 Å². The third-order valence-corrected chi connectivity index (χ3v) is 4.99. The fourth-order valence-electron chi connectivity index (χ4n) is 3.34. The van der Waals surface area contributed by atoms with Crippen LogP contribution < -0.4 is 9.64 Å². The molecule has 2 heterocycles. The maximum Gasteiger partial charge on any atom is 0.329 e. The number of anilines is 1. The van der Waals surface area contributed by atoms with Crippen molar-refractivity contribution in [3.05, 3.63) is 44.6 Å². The molecule has 0 aromatic carbocycles. The van der Waals surface area contributed by atoms with Crippen molar-refractivity contribution in [2.45, 2.75) is 46.7 Å². The molecule has 11 heteroatoms. The van der Waals surface area contributed by atoms with Crippen molar-refractivity contribution in [3.63, 3.8) is 0 Å². The number of carbonyl (C=O) groups excluding carboxylic acids is 1. The predicted molar refractivity (Wildman–Crippen MR) is 115 cm³/mol. The molecule has 0 unspecified atom stereocenters. The Balaban J connectivity index is 2.71. The lowest BCUT2D eigenvalue weighted by molar-refractivity contribution is -0.384. The molecule has 0 aliphatic heterocycles. The summed E-state index contributed by atoms with van der Waals surface area (Å²) in [5.74, 6) is 0.111. The number of hydrogen-bond donors (Lipinski definition) is 0. The van der Waals surface area contributed by atoms with Crippen LogP contribution in [0.1, 0.15) is 37.1 Å². The zero-order valence-electron chi connectivity index (χ0n) is 18.4. The molecular weight excluding hydrogens is 426 g/mol. The largest absolute Gasteiger partial charge is 0.496 e. The number of nitro groups is 1. The molecule has 0 N–H and O–H groups in total. The monoisotopic (exact) mass is 451 g/mol. The molecule has 0 radical (unpaired) electrons. The Labute approximate surface area is 185 Å². The summed E-state index contributed by atoms with van der Waals surface area (Å²) in [6.45, 7) is 7.62. The van der Waals surface area contributed by atoms with Crippen LogP contribution in [-0.2, 0) is 16.1 Å². The SMILES string of the molecule is COC(=O)[C@@H](CC(C)C)N(Cc1ncc(C)c(OC)c1C)c1nc(Cl)ncc1[N+](=O)[O-]. The first-order valence-electron chi connectivity index (χ1n) is 9.61. The first-order valence-corrected chi connectivity index (χ1v) is 9.98. The van der Waals surface area contributed by atoms with Crippen LogP contribution in [0.4, 0.5) is 11.5 Å². The molecule has 2 aromatic heterocycles. The van der Waals surface area contributed by atoms with Gasteiger partial charge in [-0.15, -0.1) is 0 Å². The molecule has 0 fully saturated rings. The van der Waals surface area contributed by atoms with Gasteiger partial charge in [0, 0.05) is 17.3 Å². The van der Waals surface area contributed by atoms with Crippen molar-refractivity contribution in [2.24, 2.45) is 5.92 Å². The Morgan fingerprint density at radius 2 is 1.94 bits per heavy atom. The second-order valence-corrected chi connectivity index (χ2v) is 7.79. The summed E-state index contributed by atoms with van der Waals surface area (Å²) in [6, 6.07) is -0.858. The van der Waals surface area contributed by atoms with Gasteiger partial charge in [-0.1, -0.05) is 13.8 Å². The highest BCUT2D eigenvalue weighted by Crippen LogP contribution is 2.33. The van der Waals surface area contributed by atoms with Gasteiger partial charge in [0.25, 0.3) is 0 Å². The Morgan fingerprint density at radius 3 is 2.48 bits per heavy atom. The molecular formula is C20H26ClN5O5. The number of ether oxygens (including phenoxy) is 2. The normalized spacial score (nSPS) is 11.9. The molecule has 0 aliphatic rings. The highest BCUT2D eigenvalue weighted by atomic mass is 35.5. The highest BCUT2D eigenvalue weighted by molar-refractivity contribution is 6.28. The van der Waals surface area contributed by atoms with Crippen LogP contribution in [0, 0.1) is 29.9 Å². The minimum atomic E-state index is -0.858. The molecule has 2 rings (SSSR count). The van der Waals surface area contributed by atoms with E-state index in [1.54, 1.807) is 13.3 Å². The number of carbonyl (C=O) groups is 1. The number of pyridine rings is 1. The van der Waals surface area contributed by atoms with Crippen LogP contribution in [0.3, 0.4) is 0 Å². The van der Waals surface area contributed by atoms with Gasteiger partial charge in [0.15, 0.2) is 0 Å². The Hall–Kier alpha value is -3.01. The van der Waals surface area contributed by atoms with Gasteiger partial charge in [-0.05, 0) is 37.8 Å². The standard InChI is InChI=1S/C20H26ClN5O5/c1-11(2)7-15(19(27)31-6)25(18-16(26(28)29)9-23-20(21)24-18)10-14-13(4)17(30-5)12(3)8-22-14/h8-9,11,15H,7,10H2,1-6H3/t15-/m1/s1. The van der Waals surface area contributed by atoms with Crippen molar-refractivity contribution >= 4 is 29.1 Å². The maximum absolute atomic E-state index is 12.7. The van der Waals surface area contributed by atoms with E-state index in [9.17, 15) is 14.9 Å². The minimum Gasteiger partial charge on any atom is -0.496 e. The third-order valence-electron chi connectivity index (χ3n) is 4.80. The van der Waals surface area contributed by atoms with Crippen LogP contribution in [0.25, 0.3) is 0 Å². The highest BCUT2D eigenvalue weighted by Gasteiger charge is 2.34. The molecule has 2 aromatic rings. The van der Waals surface area contributed by atoms with E-state index >= 15 is 0 Å². The number of nitrogens with zero attached hydrogens (tertiary/aromatic N) is 5. The first-order chi connectivity index (χ1) is 14.6. The number of halogens is 1. The molecule has 0 saturated heterocycles. The Kier molecular flexibility index (Phi) is 8.09. The summed E-state index contributed by atoms with van der Waals surface area (Å²) in [4.78, 5) is 37.6. The van der Waals surface area contributed by atoms with Crippen molar-refractivity contribution in [3.8, 4) is 5.75 Å². The number of rotatable bonds is 9. The number of esters is 1. The summed E-state index contributed by atoms with van der Waals surface area (Å²) in [6.07, 6.45) is 3.04. The van der Waals surface area contributed by atoms with Gasteiger partial charge in [0.2, 0.25) is 11.1 Å². The lowest BCUT2D eigenvalue weighted by Crippen LogP contribution is -2.43. The molecule has 31 heavy (non-hydrogen) atoms. The lowest BCUT2D eigenvalue weighted by atomic mass is 10.0. The van der Waals surface area contributed by atoms with E-state index < -0.39 is 16.9 Å². The van der Waals surface area contributed by atoms with Crippen molar-refractivity contribution in [1.29, 1.82) is 0 Å². The zero-order chi connectivity index (χ0) is 23.3. The zero-order valence-corrected chi connectivity index (χ0v) is 19.1. The van der Waals surface area contributed by atoms with Gasteiger partial charge in [-0.25, -0.2) is 9.78 Å². The summed E-state index contributed by atoms with van der Waals surface area (Å²) < 4.78 is 10.5. The van der Waals surface area contributed by atoms with Crippen LogP contribution in [0.15, 0.2) is 12.4 Å². The van der Waals surface area contributed by atoms with Crippen molar-refractivity contribution in [2.75, 3.05) is 19.1 Å². The molecule has 0 aliphatic carbocycles.